The summed E-state index contributed by atoms with van der Waals surface area (Å²) in [6.45, 7) is 2.19. The number of hydrogen-bond acceptors (Lipinski definition) is 6. The fourth-order valence-electron chi connectivity index (χ4n) is 5.09. The molecular formula is C28H27FN6O2. The predicted molar refractivity (Wildman–Crippen MR) is 142 cm³/mol. The van der Waals surface area contributed by atoms with Crippen LogP contribution in [0.5, 0.6) is 0 Å². The molecule has 0 spiro atoms. The Hall–Kier alpha value is -4.08. The molecule has 1 aliphatic heterocycles. The fourth-order valence-corrected chi connectivity index (χ4v) is 5.09. The third-order valence-corrected chi connectivity index (χ3v) is 6.80. The van der Waals surface area contributed by atoms with Gasteiger partial charge >= 0.3 is 0 Å². The molecule has 0 unspecified atom stereocenters. The van der Waals surface area contributed by atoms with Crippen molar-refractivity contribution in [1.29, 1.82) is 0 Å². The molecular weight excluding hydrogens is 471 g/mol. The highest BCUT2D eigenvalue weighted by molar-refractivity contribution is 6.03. The zero-order chi connectivity index (χ0) is 25.5. The predicted octanol–water partition coefficient (Wildman–Crippen LogP) is 4.69. The Bertz CT molecular complexity index is 1670. The van der Waals surface area contributed by atoms with Gasteiger partial charge in [-0.05, 0) is 50.3 Å². The minimum absolute atomic E-state index is 0.213. The van der Waals surface area contributed by atoms with Gasteiger partial charge in [0, 0.05) is 48.5 Å². The van der Waals surface area contributed by atoms with Gasteiger partial charge in [-0.25, -0.2) is 14.4 Å². The van der Waals surface area contributed by atoms with Crippen molar-refractivity contribution in [2.45, 2.75) is 18.9 Å². The summed E-state index contributed by atoms with van der Waals surface area (Å²) in [4.78, 5) is 27.2. The molecule has 0 saturated carbocycles. The molecule has 9 heteroatoms. The molecule has 0 bridgehead atoms. The first-order chi connectivity index (χ1) is 18.0. The second-order valence-electron chi connectivity index (χ2n) is 9.63. The van der Waals surface area contributed by atoms with E-state index in [1.165, 1.54) is 17.7 Å². The lowest BCUT2D eigenvalue weighted by atomic mass is 9.96. The Morgan fingerprint density at radius 2 is 2.11 bits per heavy atom. The number of imidazole rings is 1. The summed E-state index contributed by atoms with van der Waals surface area (Å²) in [5, 5.41) is 4.66. The van der Waals surface area contributed by atoms with Crippen LogP contribution in [0.4, 0.5) is 15.9 Å². The van der Waals surface area contributed by atoms with E-state index in [2.05, 4.69) is 26.3 Å². The van der Waals surface area contributed by atoms with E-state index in [1.54, 1.807) is 18.6 Å². The van der Waals surface area contributed by atoms with Gasteiger partial charge in [0.05, 0.1) is 35.3 Å². The number of halogens is 1. The first-order valence-corrected chi connectivity index (χ1v) is 12.2. The van der Waals surface area contributed by atoms with Crippen molar-refractivity contribution in [3.05, 3.63) is 88.5 Å². The summed E-state index contributed by atoms with van der Waals surface area (Å²) in [7, 11) is 4.05. The minimum atomic E-state index is -0.349. The average Bonchev–Trinajstić information content (AvgIpc) is 3.54. The maximum Gasteiger partial charge on any atom is 0.257 e. The number of aromatic amines is 1. The molecule has 2 N–H and O–H groups in total. The summed E-state index contributed by atoms with van der Waals surface area (Å²) in [5.74, 6) is 0.665. The Morgan fingerprint density at radius 3 is 2.92 bits per heavy atom. The van der Waals surface area contributed by atoms with Crippen molar-refractivity contribution in [3.63, 3.8) is 0 Å². The number of hydrogen-bond donors (Lipinski definition) is 2. The first kappa shape index (κ1) is 23.3. The highest BCUT2D eigenvalue weighted by Gasteiger charge is 2.22. The lowest BCUT2D eigenvalue weighted by Crippen LogP contribution is -2.16. The maximum atomic E-state index is 13.7. The van der Waals surface area contributed by atoms with E-state index in [9.17, 15) is 9.18 Å². The number of fused-ring (bicyclic) bond motifs is 2. The number of anilines is 2. The molecule has 5 heterocycles. The summed E-state index contributed by atoms with van der Waals surface area (Å²) < 4.78 is 21.1. The van der Waals surface area contributed by atoms with Crippen LogP contribution in [-0.2, 0) is 11.3 Å². The van der Waals surface area contributed by atoms with E-state index in [4.69, 9.17) is 9.72 Å². The lowest BCUT2D eigenvalue weighted by Gasteiger charge is -2.19. The maximum absolute atomic E-state index is 13.7. The van der Waals surface area contributed by atoms with Crippen molar-refractivity contribution < 1.29 is 9.13 Å². The van der Waals surface area contributed by atoms with Gasteiger partial charge in [0.15, 0.2) is 0 Å². The molecule has 188 valence electrons. The number of ether oxygens (including phenoxy) is 1. The number of pyridine rings is 3. The minimum Gasteiger partial charge on any atom is -0.381 e. The first-order valence-electron chi connectivity index (χ1n) is 12.2. The van der Waals surface area contributed by atoms with Gasteiger partial charge in [-0.3, -0.25) is 9.20 Å². The van der Waals surface area contributed by atoms with E-state index in [-0.39, 0.29) is 11.4 Å². The summed E-state index contributed by atoms with van der Waals surface area (Å²) in [6, 6.07) is 12.5. The number of rotatable bonds is 6. The van der Waals surface area contributed by atoms with Crippen LogP contribution >= 0.6 is 0 Å². The van der Waals surface area contributed by atoms with Gasteiger partial charge in [0.1, 0.15) is 17.3 Å². The molecule has 6 rings (SSSR count). The molecule has 0 radical (unpaired) electrons. The van der Waals surface area contributed by atoms with Gasteiger partial charge < -0.3 is 19.9 Å². The van der Waals surface area contributed by atoms with Crippen LogP contribution in [0.3, 0.4) is 0 Å². The third-order valence-electron chi connectivity index (χ3n) is 6.80. The lowest BCUT2D eigenvalue weighted by molar-refractivity contribution is 0.193. The van der Waals surface area contributed by atoms with Crippen molar-refractivity contribution in [2.24, 2.45) is 0 Å². The Balaban J connectivity index is 1.43. The summed E-state index contributed by atoms with van der Waals surface area (Å²) in [6.07, 6.45) is 5.96. The van der Waals surface area contributed by atoms with E-state index in [1.807, 2.05) is 42.8 Å². The molecule has 4 aromatic heterocycles. The molecule has 8 nitrogen and oxygen atoms in total. The van der Waals surface area contributed by atoms with Gasteiger partial charge in [0.2, 0.25) is 0 Å². The van der Waals surface area contributed by atoms with E-state index in [0.29, 0.717) is 41.6 Å². The van der Waals surface area contributed by atoms with Crippen LogP contribution in [0, 0.1) is 5.82 Å². The monoisotopic (exact) mass is 498 g/mol. The van der Waals surface area contributed by atoms with Gasteiger partial charge in [-0.1, -0.05) is 12.1 Å². The van der Waals surface area contributed by atoms with Crippen LogP contribution in [0.25, 0.3) is 27.7 Å². The topological polar surface area (TPSA) is 87.6 Å². The smallest absolute Gasteiger partial charge is 0.257 e. The highest BCUT2D eigenvalue weighted by Crippen LogP contribution is 2.34. The van der Waals surface area contributed by atoms with Crippen LogP contribution in [0.15, 0.2) is 65.8 Å². The van der Waals surface area contributed by atoms with Crippen LogP contribution in [0.2, 0.25) is 0 Å². The second-order valence-corrected chi connectivity index (χ2v) is 9.63. The van der Waals surface area contributed by atoms with Gasteiger partial charge in [0.25, 0.3) is 5.56 Å². The molecule has 1 atom stereocenters. The highest BCUT2D eigenvalue weighted by atomic mass is 19.1. The molecule has 0 aliphatic carbocycles. The van der Waals surface area contributed by atoms with Crippen molar-refractivity contribution in [1.82, 2.24) is 24.3 Å². The van der Waals surface area contributed by atoms with Crippen LogP contribution in [-0.4, -0.2) is 51.6 Å². The van der Waals surface area contributed by atoms with E-state index >= 15 is 0 Å². The van der Waals surface area contributed by atoms with Gasteiger partial charge in [-0.2, -0.15) is 0 Å². The summed E-state index contributed by atoms with van der Waals surface area (Å²) >= 11 is 0. The standard InChI is InChI=1S/C28H27FN6O2/c1-34(2)15-23-19(17-9-12-37-16-17)4-6-25(33-23)32-22-5-3-20(21-7-10-30-28(36)27(21)22)24-14-31-26-13-18(29)8-11-35(24)26/h3-8,10-11,13-14,17H,9,12,15-16H2,1-2H3,(H,30,36)(H,32,33)/t17-/m0/s1. The van der Waals surface area contributed by atoms with Gasteiger partial charge in [-0.15, -0.1) is 0 Å². The third kappa shape index (κ3) is 4.36. The quantitative estimate of drug-likeness (QED) is 0.353. The second kappa shape index (κ2) is 9.42. The Kier molecular flexibility index (Phi) is 5.94. The number of nitrogens with zero attached hydrogens (tertiary/aromatic N) is 4. The molecule has 37 heavy (non-hydrogen) atoms. The van der Waals surface area contributed by atoms with Crippen LogP contribution in [0.1, 0.15) is 23.6 Å². The SMILES string of the molecule is CN(C)Cc1nc(Nc2ccc(-c3cnc4cc(F)ccn34)c3cc[nH]c(=O)c23)ccc1[C@H]1CCOC1. The number of H-pyrrole nitrogens is 1. The zero-order valence-corrected chi connectivity index (χ0v) is 20.7. The Labute approximate surface area is 212 Å². The zero-order valence-electron chi connectivity index (χ0n) is 20.7. The number of nitrogens with one attached hydrogen (secondary N) is 2. The normalized spacial score (nSPS) is 15.7. The molecule has 1 saturated heterocycles. The molecule has 5 aromatic rings. The van der Waals surface area contributed by atoms with E-state index in [0.717, 1.165) is 35.4 Å². The van der Waals surface area contributed by atoms with E-state index < -0.39 is 0 Å². The molecule has 1 fully saturated rings. The Morgan fingerprint density at radius 1 is 1.22 bits per heavy atom. The number of benzene rings is 1. The van der Waals surface area contributed by atoms with Crippen molar-refractivity contribution in [3.8, 4) is 11.3 Å². The average molecular weight is 499 g/mol. The fraction of sp³-hybridized carbons (Fsp3) is 0.250. The largest absolute Gasteiger partial charge is 0.381 e. The van der Waals surface area contributed by atoms with Crippen LogP contribution < -0.4 is 10.9 Å². The van der Waals surface area contributed by atoms with Crippen molar-refractivity contribution in [2.75, 3.05) is 32.6 Å². The molecule has 0 amide bonds. The van der Waals surface area contributed by atoms with Crippen molar-refractivity contribution >= 4 is 27.9 Å². The number of aromatic nitrogens is 4. The molecule has 1 aliphatic rings. The summed E-state index contributed by atoms with van der Waals surface area (Å²) in [5.41, 5.74) is 4.74. The molecule has 1 aromatic carbocycles.